The molecule has 0 N–H and O–H groups in total. The smallest absolute Gasteiger partial charge is 0.0719 e. The maximum Gasteiger partial charge on any atom is 0.0719 e. The molecule has 27 heavy (non-hydrogen) atoms. The zero-order valence-corrected chi connectivity index (χ0v) is 16.5. The molecule has 0 saturated heterocycles. The molecule has 0 unspecified atom stereocenters. The second-order valence-corrected chi connectivity index (χ2v) is 8.38. The predicted molar refractivity (Wildman–Crippen MR) is 119 cm³/mol. The fourth-order valence-electron chi connectivity index (χ4n) is 3.90. The zero-order chi connectivity index (χ0) is 19.5. The van der Waals surface area contributed by atoms with E-state index in [0.717, 1.165) is 16.8 Å². The average molecular weight is 369 g/mol. The Labute approximate surface area is 164 Å². The summed E-state index contributed by atoms with van der Waals surface area (Å²) in [6.07, 6.45) is 1.83. The van der Waals surface area contributed by atoms with E-state index in [1.54, 1.807) is 0 Å². The summed E-state index contributed by atoms with van der Waals surface area (Å²) in [5.41, 5.74) is 4.37. The molecule has 0 fully saturated rings. The number of hydrogen-bond acceptors (Lipinski definition) is 2. The van der Waals surface area contributed by atoms with Crippen molar-refractivity contribution in [3.05, 3.63) is 78.0 Å². The molecule has 0 spiro atoms. The molecule has 3 aromatic carbocycles. The van der Waals surface area contributed by atoms with E-state index in [1.165, 1.54) is 36.5 Å². The lowest BCUT2D eigenvalue weighted by molar-refractivity contribution is 0.864. The Balaban J connectivity index is 1.84. The van der Waals surface area contributed by atoms with Crippen molar-refractivity contribution in [3.63, 3.8) is 0 Å². The number of thiophene rings is 1. The van der Waals surface area contributed by atoms with Gasteiger partial charge in [0, 0.05) is 33.3 Å². The van der Waals surface area contributed by atoms with Gasteiger partial charge < -0.3 is 0 Å². The minimum atomic E-state index is -0.639. The summed E-state index contributed by atoms with van der Waals surface area (Å²) in [6, 6.07) is 21.5. The van der Waals surface area contributed by atoms with Crippen LogP contribution in [0.25, 0.3) is 42.2 Å². The highest BCUT2D eigenvalue weighted by Gasteiger charge is 2.14. The molecule has 2 heterocycles. The zero-order valence-electron chi connectivity index (χ0n) is 16.7. The van der Waals surface area contributed by atoms with E-state index in [-0.39, 0.29) is 0 Å². The predicted octanol–water partition coefficient (Wildman–Crippen LogP) is 7.70. The summed E-state index contributed by atoms with van der Waals surface area (Å²) >= 11 is 1.83. The van der Waals surface area contributed by atoms with Gasteiger partial charge in [-0.15, -0.1) is 11.3 Å². The highest BCUT2D eigenvalue weighted by atomic mass is 32.1. The Bertz CT molecular complexity index is 1360. The first kappa shape index (κ1) is 15.4. The molecule has 5 rings (SSSR count). The van der Waals surface area contributed by atoms with Gasteiger partial charge in [0.2, 0.25) is 0 Å². The molecular weight excluding hydrogens is 346 g/mol. The summed E-state index contributed by atoms with van der Waals surface area (Å²) in [6.45, 7) is 6.01. The fraction of sp³-hybridized carbons (Fsp3) is 0.160. The van der Waals surface area contributed by atoms with E-state index < -0.39 is 5.89 Å². The van der Waals surface area contributed by atoms with E-state index in [1.807, 2.05) is 37.4 Å². The van der Waals surface area contributed by atoms with Gasteiger partial charge in [0.25, 0.3) is 0 Å². The van der Waals surface area contributed by atoms with Crippen LogP contribution in [0.4, 0.5) is 0 Å². The van der Waals surface area contributed by atoms with Crippen LogP contribution in [0.2, 0.25) is 0 Å². The molecule has 0 aliphatic rings. The Morgan fingerprint density at radius 3 is 2.59 bits per heavy atom. The quantitative estimate of drug-likeness (QED) is 0.311. The van der Waals surface area contributed by atoms with Crippen molar-refractivity contribution in [1.82, 2.24) is 4.98 Å². The Kier molecular flexibility index (Phi) is 3.51. The third kappa shape index (κ3) is 2.55. The molecule has 0 aliphatic carbocycles. The van der Waals surface area contributed by atoms with Gasteiger partial charge in [0.1, 0.15) is 0 Å². The van der Waals surface area contributed by atoms with Crippen molar-refractivity contribution in [2.24, 2.45) is 0 Å². The molecule has 2 aromatic heterocycles. The highest BCUT2D eigenvalue weighted by molar-refractivity contribution is 7.26. The van der Waals surface area contributed by atoms with Gasteiger partial charge in [0.05, 0.1) is 5.69 Å². The second-order valence-electron chi connectivity index (χ2n) is 7.32. The van der Waals surface area contributed by atoms with Crippen molar-refractivity contribution < 1.29 is 1.37 Å². The van der Waals surface area contributed by atoms with Crippen LogP contribution in [0, 0.1) is 6.92 Å². The van der Waals surface area contributed by atoms with Gasteiger partial charge in [-0.2, -0.15) is 0 Å². The Morgan fingerprint density at radius 1 is 0.926 bits per heavy atom. The van der Waals surface area contributed by atoms with Gasteiger partial charge in [0.15, 0.2) is 0 Å². The molecule has 1 nitrogen and oxygen atoms in total. The maximum atomic E-state index is 8.37. The SMILES string of the molecule is [2H]C(C)(C)c1ccnc(-c2cccc3c2sc2ccc4c(C)cccc4c23)c1. The fourth-order valence-corrected chi connectivity index (χ4v) is 5.14. The molecule has 5 aromatic rings. The number of aromatic nitrogens is 1. The first-order chi connectivity index (χ1) is 13.4. The topological polar surface area (TPSA) is 12.9 Å². The van der Waals surface area contributed by atoms with Crippen LogP contribution in [0.15, 0.2) is 66.9 Å². The Hall–Kier alpha value is -2.71. The first-order valence-electron chi connectivity index (χ1n) is 9.74. The molecule has 0 radical (unpaired) electrons. The van der Waals surface area contributed by atoms with Crippen LogP contribution >= 0.6 is 11.3 Å². The van der Waals surface area contributed by atoms with E-state index in [4.69, 9.17) is 1.37 Å². The molecule has 0 bridgehead atoms. The molecule has 0 saturated carbocycles. The minimum Gasteiger partial charge on any atom is -0.256 e. The van der Waals surface area contributed by atoms with E-state index in [2.05, 4.69) is 66.5 Å². The van der Waals surface area contributed by atoms with Crippen LogP contribution in [-0.2, 0) is 0 Å². The molecule has 0 atom stereocenters. The standard InChI is InChI=1S/C25H21NS/c1-15(2)17-12-13-26-22(14-17)20-8-5-9-21-24-19-7-4-6-16(3)18(19)10-11-23(24)27-25(20)21/h4-15H,1-3H3/i15D. The van der Waals surface area contributed by atoms with Gasteiger partial charge >= 0.3 is 0 Å². The molecule has 0 aliphatic heterocycles. The van der Waals surface area contributed by atoms with E-state index >= 15 is 0 Å². The second kappa shape index (κ2) is 6.17. The minimum absolute atomic E-state index is 0.639. The average Bonchev–Trinajstić information content (AvgIpc) is 3.07. The number of benzene rings is 3. The lowest BCUT2D eigenvalue weighted by Crippen LogP contribution is -1.90. The normalized spacial score (nSPS) is 12.8. The van der Waals surface area contributed by atoms with Crippen LogP contribution in [0.3, 0.4) is 0 Å². The van der Waals surface area contributed by atoms with Crippen LogP contribution in [0.1, 0.15) is 32.2 Å². The summed E-state index contributed by atoms with van der Waals surface area (Å²) in [7, 11) is 0. The molecule has 132 valence electrons. The van der Waals surface area contributed by atoms with Crippen molar-refractivity contribution >= 4 is 42.3 Å². The van der Waals surface area contributed by atoms with Crippen molar-refractivity contribution in [2.45, 2.75) is 26.7 Å². The van der Waals surface area contributed by atoms with Crippen LogP contribution in [-0.4, -0.2) is 4.98 Å². The summed E-state index contributed by atoms with van der Waals surface area (Å²) in [5.74, 6) is -0.639. The van der Waals surface area contributed by atoms with Crippen molar-refractivity contribution in [2.75, 3.05) is 0 Å². The third-order valence-corrected chi connectivity index (χ3v) is 6.55. The number of aryl methyl sites for hydroxylation is 1. The van der Waals surface area contributed by atoms with Crippen molar-refractivity contribution in [1.29, 1.82) is 0 Å². The van der Waals surface area contributed by atoms with E-state index in [9.17, 15) is 0 Å². The first-order valence-corrected chi connectivity index (χ1v) is 10.1. The molecule has 0 amide bonds. The lowest BCUT2D eigenvalue weighted by atomic mass is 9.98. The van der Waals surface area contributed by atoms with Gasteiger partial charge in [-0.3, -0.25) is 4.98 Å². The Morgan fingerprint density at radius 2 is 1.74 bits per heavy atom. The number of nitrogens with zero attached hydrogens (tertiary/aromatic N) is 1. The number of pyridine rings is 1. The lowest BCUT2D eigenvalue weighted by Gasteiger charge is -2.08. The van der Waals surface area contributed by atoms with Gasteiger partial charge in [-0.25, -0.2) is 0 Å². The van der Waals surface area contributed by atoms with Crippen LogP contribution < -0.4 is 0 Å². The highest BCUT2D eigenvalue weighted by Crippen LogP contribution is 2.42. The number of hydrogen-bond donors (Lipinski definition) is 0. The van der Waals surface area contributed by atoms with E-state index in [0.29, 0.717) is 0 Å². The molecular formula is C25H21NS. The summed E-state index contributed by atoms with van der Waals surface area (Å²) in [4.78, 5) is 4.64. The summed E-state index contributed by atoms with van der Waals surface area (Å²) < 4.78 is 10.9. The third-order valence-electron chi connectivity index (χ3n) is 5.35. The monoisotopic (exact) mass is 368 g/mol. The number of rotatable bonds is 2. The van der Waals surface area contributed by atoms with Gasteiger partial charge in [-0.1, -0.05) is 56.3 Å². The van der Waals surface area contributed by atoms with Crippen molar-refractivity contribution in [3.8, 4) is 11.3 Å². The largest absolute Gasteiger partial charge is 0.256 e. The molecule has 2 heteroatoms. The van der Waals surface area contributed by atoms with Gasteiger partial charge in [-0.05, 0) is 52.9 Å². The number of fused-ring (bicyclic) bond motifs is 5. The maximum absolute atomic E-state index is 8.37. The van der Waals surface area contributed by atoms with Crippen LogP contribution in [0.5, 0.6) is 0 Å². The summed E-state index contributed by atoms with van der Waals surface area (Å²) in [5, 5.41) is 5.25.